The van der Waals surface area contributed by atoms with Crippen molar-refractivity contribution in [3.05, 3.63) is 113 Å². The van der Waals surface area contributed by atoms with E-state index in [4.69, 9.17) is 0 Å². The zero-order chi connectivity index (χ0) is 34.4. The van der Waals surface area contributed by atoms with Crippen LogP contribution in [-0.4, -0.2) is 75.1 Å². The second kappa shape index (κ2) is 14.7. The molecule has 0 atom stereocenters. The number of nitrogens with zero attached hydrogens (tertiary/aromatic N) is 5. The van der Waals surface area contributed by atoms with Crippen molar-refractivity contribution in [1.29, 1.82) is 0 Å². The van der Waals surface area contributed by atoms with Crippen LogP contribution in [0.15, 0.2) is 79.3 Å². The van der Waals surface area contributed by atoms with Gasteiger partial charge in [-0.05, 0) is 72.0 Å². The van der Waals surface area contributed by atoms with Crippen LogP contribution >= 0.6 is 0 Å². The molecule has 1 fully saturated rings. The van der Waals surface area contributed by atoms with Gasteiger partial charge in [-0.1, -0.05) is 43.3 Å². The maximum atomic E-state index is 14.4. The number of hydrogen-bond acceptors (Lipinski definition) is 8. The monoisotopic (exact) mass is 660 g/mol. The van der Waals surface area contributed by atoms with E-state index in [1.165, 1.54) is 12.4 Å². The van der Waals surface area contributed by atoms with Crippen molar-refractivity contribution in [2.45, 2.75) is 45.7 Å². The summed E-state index contributed by atoms with van der Waals surface area (Å²) in [5, 5.41) is 9.03. The number of pyridine rings is 1. The van der Waals surface area contributed by atoms with Gasteiger partial charge >= 0.3 is 0 Å². The van der Waals surface area contributed by atoms with Crippen LogP contribution in [0.1, 0.15) is 58.2 Å². The number of piperidine rings is 1. The molecule has 2 aliphatic heterocycles. The standard InChI is InChI=1S/C37H40N8O4/c1-37(12-17-44(18-13-37)35(48)34-40-15-6-16-41-34)36(49)45(23-28-8-4-3-7-27(28)22-38-2)24-32(47)42-30-11-10-25-19-26-9-5-14-39-33(26)43-31(46)21-29(25)20-30/h3-11,14-16,20,38H,12-13,17-19,21-24H2,1-2H3,(H,42,47)(H,39,43,46). The molecule has 0 aliphatic carbocycles. The number of rotatable bonds is 9. The zero-order valence-corrected chi connectivity index (χ0v) is 27.7. The molecule has 2 aromatic carbocycles. The smallest absolute Gasteiger partial charge is 0.291 e. The number of likely N-dealkylation sites (tertiary alicyclic amines) is 1. The molecular weight excluding hydrogens is 620 g/mol. The van der Waals surface area contributed by atoms with E-state index in [9.17, 15) is 19.2 Å². The molecule has 4 heterocycles. The lowest BCUT2D eigenvalue weighted by atomic mass is 9.78. The van der Waals surface area contributed by atoms with Gasteiger partial charge in [-0.25, -0.2) is 15.0 Å². The van der Waals surface area contributed by atoms with Crippen LogP contribution in [0, 0.1) is 5.41 Å². The van der Waals surface area contributed by atoms with Crippen molar-refractivity contribution in [2.75, 3.05) is 37.3 Å². The average molecular weight is 661 g/mol. The number of nitrogens with one attached hydrogen (secondary N) is 3. The zero-order valence-electron chi connectivity index (χ0n) is 27.7. The molecule has 0 bridgehead atoms. The summed E-state index contributed by atoms with van der Waals surface area (Å²) >= 11 is 0. The Labute approximate surface area is 285 Å². The summed E-state index contributed by atoms with van der Waals surface area (Å²) in [6.45, 7) is 3.35. The van der Waals surface area contributed by atoms with Crippen LogP contribution in [0.25, 0.3) is 0 Å². The molecule has 12 heteroatoms. The van der Waals surface area contributed by atoms with E-state index >= 15 is 0 Å². The molecule has 0 saturated carbocycles. The summed E-state index contributed by atoms with van der Waals surface area (Å²) in [6, 6.07) is 18.9. The summed E-state index contributed by atoms with van der Waals surface area (Å²) < 4.78 is 0. The van der Waals surface area contributed by atoms with Gasteiger partial charge in [0.2, 0.25) is 23.5 Å². The van der Waals surface area contributed by atoms with Crippen molar-refractivity contribution in [3.8, 4) is 0 Å². The Morgan fingerprint density at radius 3 is 2.37 bits per heavy atom. The van der Waals surface area contributed by atoms with Crippen LogP contribution in [0.3, 0.4) is 0 Å². The van der Waals surface area contributed by atoms with Crippen LogP contribution < -0.4 is 16.0 Å². The molecule has 252 valence electrons. The lowest BCUT2D eigenvalue weighted by Crippen LogP contribution is -2.51. The fourth-order valence-electron chi connectivity index (χ4n) is 6.49. The van der Waals surface area contributed by atoms with Gasteiger partial charge in [-0.2, -0.15) is 0 Å². The Bertz CT molecular complexity index is 1860. The molecule has 49 heavy (non-hydrogen) atoms. The fourth-order valence-corrected chi connectivity index (χ4v) is 6.49. The summed E-state index contributed by atoms with van der Waals surface area (Å²) in [4.78, 5) is 69.6. The summed E-state index contributed by atoms with van der Waals surface area (Å²) in [6.07, 6.45) is 6.34. The number of amides is 4. The highest BCUT2D eigenvalue weighted by molar-refractivity contribution is 5.97. The molecule has 0 radical (unpaired) electrons. The lowest BCUT2D eigenvalue weighted by Gasteiger charge is -2.41. The molecular formula is C37H40N8O4. The SMILES string of the molecule is CNCc1ccccc1CN(CC(=O)Nc1ccc2c(c1)CC(=O)Nc1ncccc1C2)C(=O)C1(C)CCN(C(=O)c2ncccn2)CC1. The van der Waals surface area contributed by atoms with Crippen molar-refractivity contribution < 1.29 is 19.2 Å². The number of aromatic nitrogens is 3. The van der Waals surface area contributed by atoms with Gasteiger partial charge < -0.3 is 25.8 Å². The number of carbonyl (C=O) groups is 4. The Hall–Kier alpha value is -5.49. The van der Waals surface area contributed by atoms with Gasteiger partial charge in [-0.15, -0.1) is 0 Å². The second-order valence-corrected chi connectivity index (χ2v) is 12.8. The fraction of sp³-hybridized carbons (Fsp3) is 0.324. The summed E-state index contributed by atoms with van der Waals surface area (Å²) in [7, 11) is 1.87. The van der Waals surface area contributed by atoms with Gasteiger partial charge in [0.25, 0.3) is 5.91 Å². The highest BCUT2D eigenvalue weighted by atomic mass is 16.2. The molecule has 6 rings (SSSR count). The molecule has 12 nitrogen and oxygen atoms in total. The Kier molecular flexibility index (Phi) is 10.0. The van der Waals surface area contributed by atoms with E-state index < -0.39 is 5.41 Å². The predicted molar refractivity (Wildman–Crippen MR) is 184 cm³/mol. The third-order valence-electron chi connectivity index (χ3n) is 9.27. The maximum Gasteiger partial charge on any atom is 0.291 e. The number of carbonyl (C=O) groups excluding carboxylic acids is 4. The predicted octanol–water partition coefficient (Wildman–Crippen LogP) is 3.59. The van der Waals surface area contributed by atoms with E-state index in [-0.39, 0.29) is 49.0 Å². The van der Waals surface area contributed by atoms with Gasteiger partial charge in [-0.3, -0.25) is 19.2 Å². The van der Waals surface area contributed by atoms with Gasteiger partial charge in [0, 0.05) is 62.3 Å². The first-order valence-electron chi connectivity index (χ1n) is 16.4. The Balaban J connectivity index is 1.19. The number of hydrogen-bond donors (Lipinski definition) is 3. The third-order valence-corrected chi connectivity index (χ3v) is 9.27. The first-order chi connectivity index (χ1) is 23.7. The van der Waals surface area contributed by atoms with Gasteiger partial charge in [0.05, 0.1) is 6.42 Å². The van der Waals surface area contributed by atoms with Crippen molar-refractivity contribution >= 4 is 35.1 Å². The van der Waals surface area contributed by atoms with Crippen LogP contribution in [0.5, 0.6) is 0 Å². The Morgan fingerprint density at radius 1 is 0.878 bits per heavy atom. The van der Waals surface area contributed by atoms with Crippen molar-refractivity contribution in [3.63, 3.8) is 0 Å². The molecule has 4 aromatic rings. The van der Waals surface area contributed by atoms with Crippen LogP contribution in [0.2, 0.25) is 0 Å². The minimum absolute atomic E-state index is 0.132. The van der Waals surface area contributed by atoms with Gasteiger partial charge in [0.15, 0.2) is 0 Å². The normalized spacial score (nSPS) is 15.1. The lowest BCUT2D eigenvalue weighted by molar-refractivity contribution is -0.146. The molecule has 2 aliphatic rings. The van der Waals surface area contributed by atoms with Gasteiger partial charge in [0.1, 0.15) is 12.4 Å². The first kappa shape index (κ1) is 33.4. The minimum Gasteiger partial charge on any atom is -0.336 e. The molecule has 3 N–H and O–H groups in total. The molecule has 1 saturated heterocycles. The van der Waals surface area contributed by atoms with Crippen molar-refractivity contribution in [1.82, 2.24) is 30.1 Å². The number of benzene rings is 2. The average Bonchev–Trinajstić information content (AvgIpc) is 3.10. The number of fused-ring (bicyclic) bond motifs is 2. The quantitative estimate of drug-likeness (QED) is 0.247. The van der Waals surface area contributed by atoms with E-state index in [2.05, 4.69) is 30.9 Å². The largest absolute Gasteiger partial charge is 0.336 e. The van der Waals surface area contributed by atoms with E-state index in [0.29, 0.717) is 50.4 Å². The van der Waals surface area contributed by atoms with E-state index in [1.807, 2.05) is 68.6 Å². The first-order valence-corrected chi connectivity index (χ1v) is 16.4. The van der Waals surface area contributed by atoms with E-state index in [0.717, 1.165) is 27.8 Å². The summed E-state index contributed by atoms with van der Waals surface area (Å²) in [5.41, 5.74) is 4.45. The maximum absolute atomic E-state index is 14.4. The molecule has 4 amide bonds. The molecule has 2 aromatic heterocycles. The van der Waals surface area contributed by atoms with Crippen LogP contribution in [-0.2, 0) is 40.3 Å². The third kappa shape index (κ3) is 7.81. The highest BCUT2D eigenvalue weighted by Crippen LogP contribution is 2.34. The topological polar surface area (TPSA) is 150 Å². The molecule has 0 spiro atoms. The summed E-state index contributed by atoms with van der Waals surface area (Å²) in [5.74, 6) is -0.241. The second-order valence-electron chi connectivity index (χ2n) is 12.8. The molecule has 0 unspecified atom stereocenters. The minimum atomic E-state index is -0.784. The van der Waals surface area contributed by atoms with Crippen molar-refractivity contribution in [2.24, 2.45) is 5.41 Å². The van der Waals surface area contributed by atoms with Crippen LogP contribution in [0.4, 0.5) is 11.5 Å². The Morgan fingerprint density at radius 2 is 1.61 bits per heavy atom. The van der Waals surface area contributed by atoms with E-state index in [1.54, 1.807) is 22.1 Å². The number of anilines is 2. The highest BCUT2D eigenvalue weighted by Gasteiger charge is 2.41.